The third kappa shape index (κ3) is 3.62. The van der Waals surface area contributed by atoms with Gasteiger partial charge in [0.2, 0.25) is 5.91 Å². The second kappa shape index (κ2) is 5.61. The van der Waals surface area contributed by atoms with Crippen LogP contribution in [-0.2, 0) is 4.79 Å². The standard InChI is InChI=1S/C12H16N2OS/c1-8(2)11(15)14-12(16)13-10-7-5-4-6-9(10)3/h4-8H,1-3H3,(H2,13,14,15,16). The molecule has 0 spiro atoms. The lowest BCUT2D eigenvalue weighted by molar-refractivity contribution is -0.122. The number of amides is 1. The fourth-order valence-corrected chi connectivity index (χ4v) is 1.33. The lowest BCUT2D eigenvalue weighted by Crippen LogP contribution is -2.36. The van der Waals surface area contributed by atoms with Gasteiger partial charge in [0.1, 0.15) is 0 Å². The van der Waals surface area contributed by atoms with Crippen molar-refractivity contribution in [2.24, 2.45) is 5.92 Å². The number of anilines is 1. The van der Waals surface area contributed by atoms with Gasteiger partial charge in [-0.3, -0.25) is 4.79 Å². The molecule has 1 aromatic carbocycles. The molecule has 0 saturated carbocycles. The van der Waals surface area contributed by atoms with Crippen molar-refractivity contribution in [2.45, 2.75) is 20.8 Å². The molecule has 4 heteroatoms. The maximum Gasteiger partial charge on any atom is 0.228 e. The van der Waals surface area contributed by atoms with Crippen LogP contribution in [0.25, 0.3) is 0 Å². The highest BCUT2D eigenvalue weighted by Crippen LogP contribution is 2.12. The molecule has 0 saturated heterocycles. The van der Waals surface area contributed by atoms with Crippen LogP contribution in [0.3, 0.4) is 0 Å². The van der Waals surface area contributed by atoms with E-state index >= 15 is 0 Å². The molecule has 2 N–H and O–H groups in total. The van der Waals surface area contributed by atoms with Crippen LogP contribution in [0.1, 0.15) is 19.4 Å². The Hall–Kier alpha value is -1.42. The van der Waals surface area contributed by atoms with E-state index < -0.39 is 0 Å². The predicted molar refractivity (Wildman–Crippen MR) is 70.4 cm³/mol. The van der Waals surface area contributed by atoms with Gasteiger partial charge in [-0.25, -0.2) is 0 Å². The van der Waals surface area contributed by atoms with Gasteiger partial charge in [-0.15, -0.1) is 0 Å². The quantitative estimate of drug-likeness (QED) is 0.775. The number of hydrogen-bond acceptors (Lipinski definition) is 2. The van der Waals surface area contributed by atoms with E-state index in [1.807, 2.05) is 45.0 Å². The van der Waals surface area contributed by atoms with E-state index in [1.165, 1.54) is 0 Å². The summed E-state index contributed by atoms with van der Waals surface area (Å²) in [6.45, 7) is 5.63. The molecule has 0 fully saturated rings. The monoisotopic (exact) mass is 236 g/mol. The smallest absolute Gasteiger partial charge is 0.228 e. The van der Waals surface area contributed by atoms with E-state index in [0.29, 0.717) is 5.11 Å². The first-order valence-corrected chi connectivity index (χ1v) is 5.59. The van der Waals surface area contributed by atoms with E-state index in [-0.39, 0.29) is 11.8 Å². The summed E-state index contributed by atoms with van der Waals surface area (Å²) in [6, 6.07) is 7.77. The summed E-state index contributed by atoms with van der Waals surface area (Å²) in [4.78, 5) is 11.4. The van der Waals surface area contributed by atoms with Crippen molar-refractivity contribution in [1.82, 2.24) is 5.32 Å². The Balaban J connectivity index is 2.59. The molecule has 1 rings (SSSR count). The number of rotatable bonds is 2. The van der Waals surface area contributed by atoms with Crippen molar-refractivity contribution in [1.29, 1.82) is 0 Å². The van der Waals surface area contributed by atoms with Crippen LogP contribution >= 0.6 is 12.2 Å². The minimum absolute atomic E-state index is 0.0726. The Morgan fingerprint density at radius 1 is 1.31 bits per heavy atom. The van der Waals surface area contributed by atoms with Gasteiger partial charge in [0.25, 0.3) is 0 Å². The molecule has 1 amide bonds. The van der Waals surface area contributed by atoms with Gasteiger partial charge in [0.15, 0.2) is 5.11 Å². The molecule has 1 aromatic rings. The average molecular weight is 236 g/mol. The zero-order valence-corrected chi connectivity index (χ0v) is 10.5. The van der Waals surface area contributed by atoms with Crippen LogP contribution in [-0.4, -0.2) is 11.0 Å². The molecule has 0 heterocycles. The van der Waals surface area contributed by atoms with Crippen LogP contribution in [0, 0.1) is 12.8 Å². The van der Waals surface area contributed by atoms with Gasteiger partial charge < -0.3 is 10.6 Å². The number of aryl methyl sites for hydroxylation is 1. The van der Waals surface area contributed by atoms with Gasteiger partial charge >= 0.3 is 0 Å². The number of thiocarbonyl (C=S) groups is 1. The van der Waals surface area contributed by atoms with Crippen LogP contribution in [0.2, 0.25) is 0 Å². The number of para-hydroxylation sites is 1. The normalized spacial score (nSPS) is 10.0. The van der Waals surface area contributed by atoms with Crippen LogP contribution < -0.4 is 10.6 Å². The minimum Gasteiger partial charge on any atom is -0.332 e. The van der Waals surface area contributed by atoms with Crippen molar-refractivity contribution in [3.63, 3.8) is 0 Å². The Morgan fingerprint density at radius 2 is 1.94 bits per heavy atom. The molecular formula is C12H16N2OS. The maximum absolute atomic E-state index is 11.4. The number of carbonyl (C=O) groups is 1. The van der Waals surface area contributed by atoms with Gasteiger partial charge in [-0.1, -0.05) is 32.0 Å². The van der Waals surface area contributed by atoms with E-state index in [9.17, 15) is 4.79 Å². The first-order chi connectivity index (χ1) is 7.50. The molecule has 0 bridgehead atoms. The third-order valence-electron chi connectivity index (χ3n) is 2.15. The first-order valence-electron chi connectivity index (χ1n) is 5.18. The van der Waals surface area contributed by atoms with E-state index in [4.69, 9.17) is 12.2 Å². The number of hydrogen-bond donors (Lipinski definition) is 2. The van der Waals surface area contributed by atoms with Crippen LogP contribution in [0.15, 0.2) is 24.3 Å². The van der Waals surface area contributed by atoms with Gasteiger partial charge in [0.05, 0.1) is 0 Å². The lowest BCUT2D eigenvalue weighted by Gasteiger charge is -2.12. The maximum atomic E-state index is 11.4. The average Bonchev–Trinajstić information content (AvgIpc) is 2.21. The highest BCUT2D eigenvalue weighted by molar-refractivity contribution is 7.80. The molecule has 86 valence electrons. The van der Waals surface area contributed by atoms with Crippen LogP contribution in [0.4, 0.5) is 5.69 Å². The molecule has 0 unspecified atom stereocenters. The Bertz CT molecular complexity index is 402. The van der Waals surface area contributed by atoms with E-state index in [2.05, 4.69) is 10.6 Å². The van der Waals surface area contributed by atoms with Crippen molar-refractivity contribution in [3.8, 4) is 0 Å². The minimum atomic E-state index is -0.0777. The SMILES string of the molecule is Cc1ccccc1NC(=S)NC(=O)C(C)C. The summed E-state index contributed by atoms with van der Waals surface area (Å²) in [6.07, 6.45) is 0. The van der Waals surface area contributed by atoms with Gasteiger partial charge in [0, 0.05) is 11.6 Å². The summed E-state index contributed by atoms with van der Waals surface area (Å²) in [5.74, 6) is -0.150. The molecule has 16 heavy (non-hydrogen) atoms. The number of carbonyl (C=O) groups excluding carboxylic acids is 1. The van der Waals surface area contributed by atoms with Crippen molar-refractivity contribution < 1.29 is 4.79 Å². The molecule has 0 radical (unpaired) electrons. The fourth-order valence-electron chi connectivity index (χ4n) is 1.12. The summed E-state index contributed by atoms with van der Waals surface area (Å²) in [7, 11) is 0. The Labute approximate surface area is 101 Å². The second-order valence-electron chi connectivity index (χ2n) is 3.91. The molecular weight excluding hydrogens is 220 g/mol. The third-order valence-corrected chi connectivity index (χ3v) is 2.36. The lowest BCUT2D eigenvalue weighted by atomic mass is 10.2. The summed E-state index contributed by atoms with van der Waals surface area (Å²) < 4.78 is 0. The summed E-state index contributed by atoms with van der Waals surface area (Å²) >= 11 is 5.05. The largest absolute Gasteiger partial charge is 0.332 e. The highest BCUT2D eigenvalue weighted by atomic mass is 32.1. The predicted octanol–water partition coefficient (Wildman–Crippen LogP) is 2.46. The fraction of sp³-hybridized carbons (Fsp3) is 0.333. The second-order valence-corrected chi connectivity index (χ2v) is 4.32. The number of nitrogens with one attached hydrogen (secondary N) is 2. The molecule has 0 aliphatic carbocycles. The number of benzene rings is 1. The summed E-state index contributed by atoms with van der Waals surface area (Å²) in [5.41, 5.74) is 2.00. The van der Waals surface area contributed by atoms with Gasteiger partial charge in [-0.05, 0) is 30.8 Å². The van der Waals surface area contributed by atoms with Crippen molar-refractivity contribution >= 4 is 28.9 Å². The highest BCUT2D eigenvalue weighted by Gasteiger charge is 2.09. The molecule has 0 aliphatic heterocycles. The molecule has 3 nitrogen and oxygen atoms in total. The van der Waals surface area contributed by atoms with Crippen molar-refractivity contribution in [2.75, 3.05) is 5.32 Å². The van der Waals surface area contributed by atoms with Gasteiger partial charge in [-0.2, -0.15) is 0 Å². The van der Waals surface area contributed by atoms with E-state index in [0.717, 1.165) is 11.3 Å². The molecule has 0 atom stereocenters. The van der Waals surface area contributed by atoms with Crippen molar-refractivity contribution in [3.05, 3.63) is 29.8 Å². The Morgan fingerprint density at radius 3 is 2.50 bits per heavy atom. The summed E-state index contributed by atoms with van der Waals surface area (Å²) in [5, 5.41) is 5.97. The first kappa shape index (κ1) is 12.6. The van der Waals surface area contributed by atoms with Crippen LogP contribution in [0.5, 0.6) is 0 Å². The Kier molecular flexibility index (Phi) is 4.43. The van der Waals surface area contributed by atoms with E-state index in [1.54, 1.807) is 0 Å². The molecule has 0 aromatic heterocycles. The zero-order chi connectivity index (χ0) is 12.1. The zero-order valence-electron chi connectivity index (χ0n) is 9.70. The topological polar surface area (TPSA) is 41.1 Å². The molecule has 0 aliphatic rings.